The zero-order valence-electron chi connectivity index (χ0n) is 12.3. The van der Waals surface area contributed by atoms with Gasteiger partial charge in [-0.05, 0) is 18.8 Å². The summed E-state index contributed by atoms with van der Waals surface area (Å²) in [5, 5.41) is 9.92. The molecule has 2 rings (SSSR count). The maximum atomic E-state index is 12.1. The van der Waals surface area contributed by atoms with E-state index >= 15 is 0 Å². The quantitative estimate of drug-likeness (QED) is 0.861. The number of rotatable bonds is 2. The fraction of sp³-hybridized carbons (Fsp3) is 0.786. The number of carbonyl (C=O) groups is 1. The Bertz CT molecular complexity index is 447. The van der Waals surface area contributed by atoms with Crippen molar-refractivity contribution in [3.05, 3.63) is 11.6 Å². The third-order valence-corrected chi connectivity index (χ3v) is 3.67. The Morgan fingerprint density at radius 1 is 1.37 bits per heavy atom. The van der Waals surface area contributed by atoms with Crippen molar-refractivity contribution in [1.82, 2.24) is 20.5 Å². The van der Waals surface area contributed by atoms with E-state index in [1.54, 1.807) is 0 Å². The minimum atomic E-state index is -0.161. The molecule has 2 unspecified atom stereocenters. The molecule has 1 saturated carbocycles. The molecule has 0 spiro atoms. The van der Waals surface area contributed by atoms with Gasteiger partial charge in [-0.1, -0.05) is 40.5 Å². The van der Waals surface area contributed by atoms with E-state index in [0.29, 0.717) is 5.92 Å². The molecule has 1 fully saturated rings. The van der Waals surface area contributed by atoms with Crippen LogP contribution in [0.3, 0.4) is 0 Å². The van der Waals surface area contributed by atoms with E-state index in [-0.39, 0.29) is 23.2 Å². The standard InChI is InChI=1S/C14H24N4O/c1-9-6-5-7-10(8-9)15-12(19)11-16-13(18-17-11)14(2,3)4/h9-10H,5-8H2,1-4H3,(H,15,19)(H,16,17,18). The Morgan fingerprint density at radius 2 is 2.11 bits per heavy atom. The van der Waals surface area contributed by atoms with Gasteiger partial charge in [0.05, 0.1) is 0 Å². The van der Waals surface area contributed by atoms with Gasteiger partial charge in [-0.3, -0.25) is 9.89 Å². The first-order valence-electron chi connectivity index (χ1n) is 7.10. The number of aromatic nitrogens is 3. The van der Waals surface area contributed by atoms with Crippen molar-refractivity contribution >= 4 is 5.91 Å². The Morgan fingerprint density at radius 3 is 2.68 bits per heavy atom. The third kappa shape index (κ3) is 3.55. The zero-order valence-corrected chi connectivity index (χ0v) is 12.3. The largest absolute Gasteiger partial charge is 0.347 e. The van der Waals surface area contributed by atoms with Crippen molar-refractivity contribution in [3.8, 4) is 0 Å². The number of aromatic amines is 1. The van der Waals surface area contributed by atoms with E-state index in [1.807, 2.05) is 20.8 Å². The van der Waals surface area contributed by atoms with Gasteiger partial charge in [0.15, 0.2) is 0 Å². The van der Waals surface area contributed by atoms with Crippen LogP contribution in [0.5, 0.6) is 0 Å². The average molecular weight is 264 g/mol. The molecule has 0 radical (unpaired) electrons. The third-order valence-electron chi connectivity index (χ3n) is 3.67. The second-order valence-corrected chi connectivity index (χ2v) is 6.70. The fourth-order valence-electron chi connectivity index (χ4n) is 2.51. The van der Waals surface area contributed by atoms with Gasteiger partial charge in [-0.15, -0.1) is 5.10 Å². The van der Waals surface area contributed by atoms with Crippen LogP contribution in [0.25, 0.3) is 0 Å². The van der Waals surface area contributed by atoms with Gasteiger partial charge in [0.25, 0.3) is 5.91 Å². The van der Waals surface area contributed by atoms with Crippen molar-refractivity contribution < 1.29 is 4.79 Å². The lowest BCUT2D eigenvalue weighted by Gasteiger charge is -2.26. The van der Waals surface area contributed by atoms with Crippen molar-refractivity contribution in [1.29, 1.82) is 0 Å². The summed E-state index contributed by atoms with van der Waals surface area (Å²) < 4.78 is 0. The van der Waals surface area contributed by atoms with Crippen LogP contribution in [-0.4, -0.2) is 27.1 Å². The van der Waals surface area contributed by atoms with E-state index in [0.717, 1.165) is 18.7 Å². The molecule has 1 aromatic heterocycles. The van der Waals surface area contributed by atoms with E-state index in [2.05, 4.69) is 27.4 Å². The number of nitrogens with one attached hydrogen (secondary N) is 2. The van der Waals surface area contributed by atoms with Crippen LogP contribution in [0.2, 0.25) is 0 Å². The zero-order chi connectivity index (χ0) is 14.0. The van der Waals surface area contributed by atoms with Crippen molar-refractivity contribution in [2.24, 2.45) is 5.92 Å². The molecule has 1 amide bonds. The molecule has 2 N–H and O–H groups in total. The molecule has 106 valence electrons. The predicted molar refractivity (Wildman–Crippen MR) is 74.0 cm³/mol. The van der Waals surface area contributed by atoms with Gasteiger partial charge in [-0.25, -0.2) is 4.98 Å². The molecule has 2 atom stereocenters. The molecule has 5 nitrogen and oxygen atoms in total. The maximum Gasteiger partial charge on any atom is 0.291 e. The smallest absolute Gasteiger partial charge is 0.291 e. The Labute approximate surface area is 114 Å². The lowest BCUT2D eigenvalue weighted by atomic mass is 9.87. The minimum absolute atomic E-state index is 0.120. The van der Waals surface area contributed by atoms with Crippen molar-refractivity contribution in [3.63, 3.8) is 0 Å². The number of amides is 1. The van der Waals surface area contributed by atoms with Crippen LogP contribution in [-0.2, 0) is 5.41 Å². The van der Waals surface area contributed by atoms with Gasteiger partial charge < -0.3 is 5.32 Å². The molecule has 1 aliphatic rings. The summed E-state index contributed by atoms with van der Waals surface area (Å²) in [5.74, 6) is 1.53. The minimum Gasteiger partial charge on any atom is -0.347 e. The summed E-state index contributed by atoms with van der Waals surface area (Å²) in [6.07, 6.45) is 4.57. The molecule has 1 aromatic rings. The van der Waals surface area contributed by atoms with Gasteiger partial charge >= 0.3 is 0 Å². The number of hydrogen-bond acceptors (Lipinski definition) is 3. The number of carbonyl (C=O) groups excluding carboxylic acids is 1. The molecule has 1 aliphatic carbocycles. The van der Waals surface area contributed by atoms with E-state index < -0.39 is 0 Å². The molecule has 0 aromatic carbocycles. The molecular weight excluding hydrogens is 240 g/mol. The summed E-state index contributed by atoms with van der Waals surface area (Å²) in [6.45, 7) is 8.36. The van der Waals surface area contributed by atoms with Crippen LogP contribution in [0.1, 0.15) is 69.8 Å². The molecule has 5 heteroatoms. The first kappa shape index (κ1) is 14.0. The Balaban J connectivity index is 1.98. The first-order chi connectivity index (χ1) is 8.86. The normalized spacial score (nSPS) is 24.2. The lowest BCUT2D eigenvalue weighted by molar-refractivity contribution is 0.0911. The Hall–Kier alpha value is -1.39. The summed E-state index contributed by atoms with van der Waals surface area (Å²) >= 11 is 0. The van der Waals surface area contributed by atoms with Crippen LogP contribution in [0.15, 0.2) is 0 Å². The number of hydrogen-bond donors (Lipinski definition) is 2. The van der Waals surface area contributed by atoms with Crippen molar-refractivity contribution in [2.75, 3.05) is 0 Å². The highest BCUT2D eigenvalue weighted by atomic mass is 16.2. The summed E-state index contributed by atoms with van der Waals surface area (Å²) in [4.78, 5) is 16.4. The van der Waals surface area contributed by atoms with Crippen LogP contribution in [0, 0.1) is 5.92 Å². The van der Waals surface area contributed by atoms with Crippen LogP contribution < -0.4 is 5.32 Å². The van der Waals surface area contributed by atoms with E-state index in [1.165, 1.54) is 12.8 Å². The molecular formula is C14H24N4O. The monoisotopic (exact) mass is 264 g/mol. The highest BCUT2D eigenvalue weighted by Gasteiger charge is 2.24. The summed E-state index contributed by atoms with van der Waals surface area (Å²) in [6, 6.07) is 0.271. The van der Waals surface area contributed by atoms with Gasteiger partial charge in [0.2, 0.25) is 5.82 Å². The average Bonchev–Trinajstić information content (AvgIpc) is 2.77. The SMILES string of the molecule is CC1CCCC(NC(=O)c2n[nH]c(C(C)(C)C)n2)C1. The highest BCUT2D eigenvalue weighted by Crippen LogP contribution is 2.23. The number of nitrogens with zero attached hydrogens (tertiary/aromatic N) is 2. The fourth-order valence-corrected chi connectivity index (χ4v) is 2.51. The molecule has 0 bridgehead atoms. The van der Waals surface area contributed by atoms with Crippen LogP contribution >= 0.6 is 0 Å². The topological polar surface area (TPSA) is 70.7 Å². The number of H-pyrrole nitrogens is 1. The molecule has 0 saturated heterocycles. The molecule has 0 aliphatic heterocycles. The molecule has 1 heterocycles. The maximum absolute atomic E-state index is 12.1. The first-order valence-corrected chi connectivity index (χ1v) is 7.10. The van der Waals surface area contributed by atoms with Gasteiger partial charge in [0, 0.05) is 11.5 Å². The second kappa shape index (κ2) is 5.31. The van der Waals surface area contributed by atoms with Gasteiger partial charge in [-0.2, -0.15) is 0 Å². The summed E-state index contributed by atoms with van der Waals surface area (Å²) in [5.41, 5.74) is -0.120. The van der Waals surface area contributed by atoms with E-state index in [9.17, 15) is 4.79 Å². The Kier molecular flexibility index (Phi) is 3.92. The predicted octanol–water partition coefficient (Wildman–Crippen LogP) is 2.41. The summed E-state index contributed by atoms with van der Waals surface area (Å²) in [7, 11) is 0. The highest BCUT2D eigenvalue weighted by molar-refractivity contribution is 5.90. The van der Waals surface area contributed by atoms with Crippen molar-refractivity contribution in [2.45, 2.75) is 64.8 Å². The van der Waals surface area contributed by atoms with Crippen LogP contribution in [0.4, 0.5) is 0 Å². The lowest BCUT2D eigenvalue weighted by Crippen LogP contribution is -2.38. The van der Waals surface area contributed by atoms with Gasteiger partial charge in [0.1, 0.15) is 5.82 Å². The second-order valence-electron chi connectivity index (χ2n) is 6.70. The van der Waals surface area contributed by atoms with E-state index in [4.69, 9.17) is 0 Å². The molecule has 19 heavy (non-hydrogen) atoms.